The first-order valence-corrected chi connectivity index (χ1v) is 7.46. The first-order valence-electron chi connectivity index (χ1n) is 4.76. The molecule has 2 aliphatic rings. The molecule has 0 aromatic carbocycles. The summed E-state index contributed by atoms with van der Waals surface area (Å²) >= 11 is 1.42. The summed E-state index contributed by atoms with van der Waals surface area (Å²) < 4.78 is 22.8. The van der Waals surface area contributed by atoms with Crippen LogP contribution in [0.25, 0.3) is 0 Å². The van der Waals surface area contributed by atoms with E-state index in [1.807, 2.05) is 4.90 Å². The second kappa shape index (κ2) is 3.41. The number of fused-ring (bicyclic) bond motifs is 1. The molecule has 1 N–H and O–H groups in total. The van der Waals surface area contributed by atoms with Crippen LogP contribution in [0.5, 0.6) is 0 Å². The molecule has 14 heavy (non-hydrogen) atoms. The van der Waals surface area contributed by atoms with Crippen LogP contribution in [0.2, 0.25) is 0 Å². The molecular weight excluding hydrogens is 220 g/mol. The lowest BCUT2D eigenvalue weighted by molar-refractivity contribution is 0.356. The molecule has 0 unspecified atom stereocenters. The second-order valence-electron chi connectivity index (χ2n) is 3.80. The fraction of sp³-hybridized carbons (Fsp3) is 0.875. The Bertz CT molecular complexity index is 352. The number of hydrogen-bond donors (Lipinski definition) is 1. The predicted molar refractivity (Wildman–Crippen MR) is 58.5 cm³/mol. The molecule has 80 valence electrons. The van der Waals surface area contributed by atoms with Crippen molar-refractivity contribution in [3.63, 3.8) is 0 Å². The number of amidine groups is 1. The smallest absolute Gasteiger partial charge is 0.157 e. The molecule has 2 atom stereocenters. The highest BCUT2D eigenvalue weighted by atomic mass is 32.2. The number of hydrogen-bond acceptors (Lipinski definition) is 4. The van der Waals surface area contributed by atoms with Gasteiger partial charge in [0, 0.05) is 11.8 Å². The average Bonchev–Trinajstić information content (AvgIpc) is 2.47. The number of nitrogens with zero attached hydrogens (tertiary/aromatic N) is 1. The lowest BCUT2D eigenvalue weighted by Gasteiger charge is -2.22. The molecule has 2 rings (SSSR count). The third-order valence-corrected chi connectivity index (χ3v) is 5.83. The summed E-state index contributed by atoms with van der Waals surface area (Å²) in [5, 5.41) is 8.39. The fourth-order valence-corrected chi connectivity index (χ4v) is 5.93. The Labute approximate surface area is 88.5 Å². The van der Waals surface area contributed by atoms with E-state index in [0.717, 1.165) is 13.0 Å². The van der Waals surface area contributed by atoms with Gasteiger partial charge in [-0.2, -0.15) is 0 Å². The molecule has 0 aromatic rings. The van der Waals surface area contributed by atoms with Gasteiger partial charge >= 0.3 is 0 Å². The lowest BCUT2D eigenvalue weighted by atomic mass is 10.2. The van der Waals surface area contributed by atoms with Gasteiger partial charge in [-0.25, -0.2) is 8.42 Å². The van der Waals surface area contributed by atoms with Gasteiger partial charge in [0.15, 0.2) is 15.0 Å². The van der Waals surface area contributed by atoms with Crippen LogP contribution in [0.4, 0.5) is 0 Å². The van der Waals surface area contributed by atoms with Crippen LogP contribution in [-0.4, -0.2) is 47.8 Å². The Morgan fingerprint density at radius 1 is 1.57 bits per heavy atom. The van der Waals surface area contributed by atoms with Crippen molar-refractivity contribution in [2.24, 2.45) is 0 Å². The van der Waals surface area contributed by atoms with E-state index in [1.54, 1.807) is 0 Å². The average molecular weight is 234 g/mol. The van der Waals surface area contributed by atoms with Gasteiger partial charge in [-0.3, -0.25) is 5.41 Å². The maximum absolute atomic E-state index is 11.4. The quantitative estimate of drug-likeness (QED) is 0.758. The number of rotatable bonds is 2. The van der Waals surface area contributed by atoms with Gasteiger partial charge in [0.05, 0.1) is 17.5 Å². The fourth-order valence-electron chi connectivity index (χ4n) is 2.07. The molecule has 6 heteroatoms. The first kappa shape index (κ1) is 10.3. The maximum atomic E-state index is 11.4. The van der Waals surface area contributed by atoms with Crippen LogP contribution < -0.4 is 0 Å². The molecule has 0 bridgehead atoms. The van der Waals surface area contributed by atoms with Crippen molar-refractivity contribution in [1.29, 1.82) is 5.41 Å². The van der Waals surface area contributed by atoms with Gasteiger partial charge in [0.1, 0.15) is 0 Å². The minimum Gasteiger partial charge on any atom is -0.346 e. The number of nitrogens with one attached hydrogen (secondary N) is 1. The van der Waals surface area contributed by atoms with Gasteiger partial charge in [0.25, 0.3) is 0 Å². The van der Waals surface area contributed by atoms with Crippen molar-refractivity contribution in [1.82, 2.24) is 4.90 Å². The van der Waals surface area contributed by atoms with E-state index >= 15 is 0 Å². The Kier molecular flexibility index (Phi) is 2.51. The SMILES string of the molecule is CCCN1C(=N)S[C@@H]2CS(=O)(=O)C[C@H]21. The monoisotopic (exact) mass is 234 g/mol. The highest BCUT2D eigenvalue weighted by Gasteiger charge is 2.47. The van der Waals surface area contributed by atoms with Crippen molar-refractivity contribution in [3.8, 4) is 0 Å². The first-order chi connectivity index (χ1) is 6.53. The van der Waals surface area contributed by atoms with Crippen LogP contribution in [-0.2, 0) is 9.84 Å². The lowest BCUT2D eigenvalue weighted by Crippen LogP contribution is -2.37. The number of sulfone groups is 1. The Morgan fingerprint density at radius 2 is 2.29 bits per heavy atom. The third kappa shape index (κ3) is 1.65. The summed E-state index contributed by atoms with van der Waals surface area (Å²) in [6.45, 7) is 2.86. The van der Waals surface area contributed by atoms with Crippen LogP contribution in [0.1, 0.15) is 13.3 Å². The van der Waals surface area contributed by atoms with Crippen molar-refractivity contribution in [2.45, 2.75) is 24.6 Å². The standard InChI is InChI=1S/C8H14N2O2S2/c1-2-3-10-6-4-14(11,12)5-7(6)13-8(10)9/h6-7,9H,2-5H2,1H3/t6-,7-/m1/s1. The molecule has 0 amide bonds. The predicted octanol–water partition coefficient (Wildman–Crippen LogP) is 0.546. The van der Waals surface area contributed by atoms with Crippen LogP contribution in [0.15, 0.2) is 0 Å². The van der Waals surface area contributed by atoms with E-state index in [1.165, 1.54) is 11.8 Å². The molecule has 0 aromatic heterocycles. The summed E-state index contributed by atoms with van der Waals surface area (Å²) in [5.74, 6) is 0.498. The van der Waals surface area contributed by atoms with Gasteiger partial charge in [-0.15, -0.1) is 0 Å². The van der Waals surface area contributed by atoms with Gasteiger partial charge in [0.2, 0.25) is 0 Å². The summed E-state index contributed by atoms with van der Waals surface area (Å²) in [6.07, 6.45) is 0.964. The van der Waals surface area contributed by atoms with E-state index in [2.05, 4.69) is 6.92 Å². The van der Waals surface area contributed by atoms with E-state index in [-0.39, 0.29) is 22.8 Å². The largest absolute Gasteiger partial charge is 0.346 e. The van der Waals surface area contributed by atoms with E-state index in [0.29, 0.717) is 5.17 Å². The van der Waals surface area contributed by atoms with Crippen LogP contribution >= 0.6 is 11.8 Å². The Hall–Kier alpha value is -0.230. The minimum atomic E-state index is -2.84. The van der Waals surface area contributed by atoms with E-state index in [4.69, 9.17) is 5.41 Å². The Balaban J connectivity index is 2.17. The van der Waals surface area contributed by atoms with Gasteiger partial charge in [-0.05, 0) is 6.42 Å². The molecular formula is C8H14N2O2S2. The topological polar surface area (TPSA) is 61.2 Å². The summed E-state index contributed by atoms with van der Waals surface area (Å²) in [4.78, 5) is 1.94. The van der Waals surface area contributed by atoms with Gasteiger partial charge < -0.3 is 4.90 Å². The molecule has 0 saturated carbocycles. The zero-order valence-corrected chi connectivity index (χ0v) is 9.70. The van der Waals surface area contributed by atoms with Crippen molar-refractivity contribution >= 4 is 26.8 Å². The van der Waals surface area contributed by atoms with Crippen LogP contribution in [0.3, 0.4) is 0 Å². The zero-order valence-electron chi connectivity index (χ0n) is 8.06. The molecule has 0 spiro atoms. The van der Waals surface area contributed by atoms with Crippen LogP contribution in [0, 0.1) is 5.41 Å². The zero-order chi connectivity index (χ0) is 10.3. The van der Waals surface area contributed by atoms with Crippen molar-refractivity contribution in [2.75, 3.05) is 18.1 Å². The second-order valence-corrected chi connectivity index (χ2v) is 7.18. The number of thioether (sulfide) groups is 1. The minimum absolute atomic E-state index is 0.0671. The van der Waals surface area contributed by atoms with Gasteiger partial charge in [-0.1, -0.05) is 18.7 Å². The molecule has 4 nitrogen and oxygen atoms in total. The molecule has 2 heterocycles. The highest BCUT2D eigenvalue weighted by molar-refractivity contribution is 8.15. The normalized spacial score (nSPS) is 34.9. The summed E-state index contributed by atoms with van der Waals surface area (Å²) in [7, 11) is -2.84. The van der Waals surface area contributed by atoms with E-state index < -0.39 is 9.84 Å². The summed E-state index contributed by atoms with van der Waals surface area (Å²) in [5.41, 5.74) is 0. The maximum Gasteiger partial charge on any atom is 0.157 e. The van der Waals surface area contributed by atoms with Crippen molar-refractivity contribution in [3.05, 3.63) is 0 Å². The summed E-state index contributed by atoms with van der Waals surface area (Å²) in [6, 6.07) is 0.0671. The third-order valence-electron chi connectivity index (χ3n) is 2.66. The molecule has 2 saturated heterocycles. The Morgan fingerprint density at radius 3 is 2.93 bits per heavy atom. The molecule has 2 aliphatic heterocycles. The highest BCUT2D eigenvalue weighted by Crippen LogP contribution is 2.37. The van der Waals surface area contributed by atoms with Crippen molar-refractivity contribution < 1.29 is 8.42 Å². The molecule has 0 aliphatic carbocycles. The molecule has 0 radical (unpaired) electrons. The van der Waals surface area contributed by atoms with E-state index in [9.17, 15) is 8.42 Å². The molecule has 2 fully saturated rings.